The van der Waals surface area contributed by atoms with E-state index in [1.165, 1.54) is 0 Å². The third-order valence-electron chi connectivity index (χ3n) is 3.86. The molecule has 0 aliphatic carbocycles. The van der Waals surface area contributed by atoms with Gasteiger partial charge in [0.1, 0.15) is 0 Å². The van der Waals surface area contributed by atoms with E-state index in [1.807, 2.05) is 24.3 Å². The molecule has 0 amide bonds. The van der Waals surface area contributed by atoms with E-state index in [2.05, 4.69) is 14.9 Å². The summed E-state index contributed by atoms with van der Waals surface area (Å²) in [6, 6.07) is 7.39. The van der Waals surface area contributed by atoms with Gasteiger partial charge in [-0.25, -0.2) is 9.97 Å². The van der Waals surface area contributed by atoms with Crippen LogP contribution in [0, 0.1) is 0 Å². The number of hydrogen-bond donors (Lipinski definition) is 1. The summed E-state index contributed by atoms with van der Waals surface area (Å²) in [4.78, 5) is 10.5. The summed E-state index contributed by atoms with van der Waals surface area (Å²) in [6.07, 6.45) is 4.43. The van der Waals surface area contributed by atoms with Crippen LogP contribution in [-0.2, 0) is 5.60 Å². The van der Waals surface area contributed by atoms with Gasteiger partial charge in [-0.2, -0.15) is 0 Å². The highest BCUT2D eigenvalue weighted by Crippen LogP contribution is 2.34. The van der Waals surface area contributed by atoms with Crippen LogP contribution in [0.5, 0.6) is 0 Å². The summed E-state index contributed by atoms with van der Waals surface area (Å²) in [7, 11) is 0. The number of anilines is 1. The third-order valence-corrected chi connectivity index (χ3v) is 4.31. The molecule has 2 heterocycles. The van der Waals surface area contributed by atoms with Crippen molar-refractivity contribution in [1.29, 1.82) is 0 Å². The van der Waals surface area contributed by atoms with E-state index in [0.717, 1.165) is 5.56 Å². The minimum Gasteiger partial charge on any atom is -0.385 e. The summed E-state index contributed by atoms with van der Waals surface area (Å²) in [5, 5.41) is 12.0. The van der Waals surface area contributed by atoms with E-state index >= 15 is 0 Å². The molecule has 0 radical (unpaired) electrons. The number of nitrogens with zero attached hydrogens (tertiary/aromatic N) is 3. The SMILES string of the molecule is OC1(c2ccc(Cl)cc2)CCN(c2ncc(Cl)cn2)CC1. The van der Waals surface area contributed by atoms with Crippen molar-refractivity contribution >= 4 is 29.2 Å². The molecule has 0 saturated carbocycles. The van der Waals surface area contributed by atoms with Crippen LogP contribution in [0.2, 0.25) is 10.0 Å². The van der Waals surface area contributed by atoms with Crippen LogP contribution in [0.25, 0.3) is 0 Å². The number of aliphatic hydroxyl groups is 1. The average molecular weight is 324 g/mol. The quantitative estimate of drug-likeness (QED) is 0.921. The molecule has 0 atom stereocenters. The zero-order chi connectivity index (χ0) is 14.9. The predicted molar refractivity (Wildman–Crippen MR) is 83.8 cm³/mol. The number of piperidine rings is 1. The van der Waals surface area contributed by atoms with Crippen LogP contribution in [0.3, 0.4) is 0 Å². The molecule has 0 spiro atoms. The zero-order valence-electron chi connectivity index (χ0n) is 11.3. The largest absolute Gasteiger partial charge is 0.385 e. The van der Waals surface area contributed by atoms with Gasteiger partial charge >= 0.3 is 0 Å². The minimum atomic E-state index is -0.812. The average Bonchev–Trinajstić information content (AvgIpc) is 2.50. The van der Waals surface area contributed by atoms with E-state index < -0.39 is 5.60 Å². The van der Waals surface area contributed by atoms with Crippen molar-refractivity contribution in [3.05, 3.63) is 52.3 Å². The molecule has 21 heavy (non-hydrogen) atoms. The zero-order valence-corrected chi connectivity index (χ0v) is 12.8. The van der Waals surface area contributed by atoms with E-state index in [4.69, 9.17) is 23.2 Å². The molecular formula is C15H15Cl2N3O. The first-order valence-corrected chi connectivity index (χ1v) is 7.53. The molecule has 3 rings (SSSR count). The van der Waals surface area contributed by atoms with Crippen LogP contribution in [0.1, 0.15) is 18.4 Å². The number of halogens is 2. The molecule has 1 aromatic carbocycles. The number of hydrogen-bond acceptors (Lipinski definition) is 4. The lowest BCUT2D eigenvalue weighted by Gasteiger charge is -2.38. The second-order valence-corrected chi connectivity index (χ2v) is 6.10. The second-order valence-electron chi connectivity index (χ2n) is 5.23. The highest BCUT2D eigenvalue weighted by atomic mass is 35.5. The summed E-state index contributed by atoms with van der Waals surface area (Å²) in [5.74, 6) is 0.651. The Hall–Kier alpha value is -1.36. The lowest BCUT2D eigenvalue weighted by atomic mass is 9.84. The van der Waals surface area contributed by atoms with Crippen molar-refractivity contribution < 1.29 is 5.11 Å². The van der Waals surface area contributed by atoms with Crippen molar-refractivity contribution in [1.82, 2.24) is 9.97 Å². The third kappa shape index (κ3) is 3.12. The molecule has 110 valence electrons. The van der Waals surface area contributed by atoms with Gasteiger partial charge in [0.15, 0.2) is 0 Å². The van der Waals surface area contributed by atoms with Gasteiger partial charge in [-0.1, -0.05) is 35.3 Å². The fourth-order valence-corrected chi connectivity index (χ4v) is 2.82. The molecule has 0 bridgehead atoms. The van der Waals surface area contributed by atoms with E-state index in [9.17, 15) is 5.11 Å². The minimum absolute atomic E-state index is 0.522. The summed E-state index contributed by atoms with van der Waals surface area (Å²) in [5.41, 5.74) is 0.0941. The highest BCUT2D eigenvalue weighted by Gasteiger charge is 2.34. The van der Waals surface area contributed by atoms with Gasteiger partial charge < -0.3 is 10.0 Å². The first-order chi connectivity index (χ1) is 10.1. The summed E-state index contributed by atoms with van der Waals surface area (Å²) < 4.78 is 0. The lowest BCUT2D eigenvalue weighted by molar-refractivity contribution is 0.0115. The lowest BCUT2D eigenvalue weighted by Crippen LogP contribution is -2.43. The molecular weight excluding hydrogens is 309 g/mol. The number of benzene rings is 1. The second kappa shape index (κ2) is 5.79. The monoisotopic (exact) mass is 323 g/mol. The molecule has 1 aliphatic heterocycles. The molecule has 6 heteroatoms. The van der Waals surface area contributed by atoms with Crippen molar-refractivity contribution in [2.75, 3.05) is 18.0 Å². The molecule has 1 fully saturated rings. The maximum atomic E-state index is 10.8. The van der Waals surface area contributed by atoms with Crippen molar-refractivity contribution in [2.24, 2.45) is 0 Å². The molecule has 1 aliphatic rings. The standard InChI is InChI=1S/C15H15Cl2N3O/c16-12-3-1-11(2-4-12)15(21)5-7-20(8-6-15)14-18-9-13(17)10-19-14/h1-4,9-10,21H,5-8H2. The molecule has 1 saturated heterocycles. The van der Waals surface area contributed by atoms with E-state index in [0.29, 0.717) is 41.9 Å². The summed E-state index contributed by atoms with van der Waals surface area (Å²) in [6.45, 7) is 1.39. The van der Waals surface area contributed by atoms with Crippen LogP contribution in [0.4, 0.5) is 5.95 Å². The molecule has 2 aromatic rings. The van der Waals surface area contributed by atoms with E-state index in [-0.39, 0.29) is 0 Å². The van der Waals surface area contributed by atoms with Crippen molar-refractivity contribution in [2.45, 2.75) is 18.4 Å². The number of rotatable bonds is 2. The van der Waals surface area contributed by atoms with Gasteiger partial charge in [0.05, 0.1) is 23.0 Å². The Kier molecular flexibility index (Phi) is 4.02. The van der Waals surface area contributed by atoms with Gasteiger partial charge in [0, 0.05) is 18.1 Å². The Morgan fingerprint density at radius 3 is 2.10 bits per heavy atom. The topological polar surface area (TPSA) is 49.2 Å². The first kappa shape index (κ1) is 14.6. The van der Waals surface area contributed by atoms with Gasteiger partial charge in [-0.3, -0.25) is 0 Å². The van der Waals surface area contributed by atoms with Crippen molar-refractivity contribution in [3.63, 3.8) is 0 Å². The Balaban J connectivity index is 1.72. The van der Waals surface area contributed by atoms with Gasteiger partial charge in [0.25, 0.3) is 0 Å². The molecule has 1 N–H and O–H groups in total. The predicted octanol–water partition coefficient (Wildman–Crippen LogP) is 3.27. The van der Waals surface area contributed by atoms with Crippen molar-refractivity contribution in [3.8, 4) is 0 Å². The van der Waals surface area contributed by atoms with Gasteiger partial charge in [-0.15, -0.1) is 0 Å². The van der Waals surface area contributed by atoms with Crippen LogP contribution >= 0.6 is 23.2 Å². The molecule has 4 nitrogen and oxygen atoms in total. The van der Waals surface area contributed by atoms with Crippen LogP contribution < -0.4 is 4.90 Å². The molecule has 1 aromatic heterocycles. The number of aromatic nitrogens is 2. The Morgan fingerprint density at radius 2 is 1.52 bits per heavy atom. The Bertz CT molecular complexity index is 608. The van der Waals surface area contributed by atoms with E-state index in [1.54, 1.807) is 12.4 Å². The van der Waals surface area contributed by atoms with Gasteiger partial charge in [-0.05, 0) is 30.5 Å². The van der Waals surface area contributed by atoms with Crippen LogP contribution in [-0.4, -0.2) is 28.2 Å². The Labute approximate surface area is 133 Å². The van der Waals surface area contributed by atoms with Crippen LogP contribution in [0.15, 0.2) is 36.7 Å². The summed E-state index contributed by atoms with van der Waals surface area (Å²) >= 11 is 11.7. The maximum absolute atomic E-state index is 10.8. The highest BCUT2D eigenvalue weighted by molar-refractivity contribution is 6.30. The fourth-order valence-electron chi connectivity index (χ4n) is 2.59. The Morgan fingerprint density at radius 1 is 0.952 bits per heavy atom. The molecule has 0 unspecified atom stereocenters. The fraction of sp³-hybridized carbons (Fsp3) is 0.333. The normalized spacial score (nSPS) is 17.8. The maximum Gasteiger partial charge on any atom is 0.225 e. The smallest absolute Gasteiger partial charge is 0.225 e. The van der Waals surface area contributed by atoms with Gasteiger partial charge in [0.2, 0.25) is 5.95 Å². The first-order valence-electron chi connectivity index (χ1n) is 6.78.